The van der Waals surface area contributed by atoms with Gasteiger partial charge in [-0.1, -0.05) is 6.92 Å². The van der Waals surface area contributed by atoms with E-state index in [1.54, 1.807) is 11.1 Å². The summed E-state index contributed by atoms with van der Waals surface area (Å²) in [5.41, 5.74) is 0.808. The molecule has 0 unspecified atom stereocenters. The number of rotatable bonds is 3. The van der Waals surface area contributed by atoms with Crippen LogP contribution in [0, 0.1) is 17.2 Å². The van der Waals surface area contributed by atoms with Gasteiger partial charge in [0, 0.05) is 37.9 Å². The van der Waals surface area contributed by atoms with Crippen molar-refractivity contribution in [3.63, 3.8) is 0 Å². The molecule has 3 heterocycles. The topological polar surface area (TPSA) is 88.9 Å². The van der Waals surface area contributed by atoms with Crippen LogP contribution in [0.1, 0.15) is 19.8 Å². The van der Waals surface area contributed by atoms with E-state index in [4.69, 9.17) is 5.26 Å². The van der Waals surface area contributed by atoms with Gasteiger partial charge in [-0.15, -0.1) is 0 Å². The highest BCUT2D eigenvalue weighted by Gasteiger charge is 2.32. The summed E-state index contributed by atoms with van der Waals surface area (Å²) in [5, 5.41) is 9.70. The van der Waals surface area contributed by atoms with Gasteiger partial charge < -0.3 is 14.8 Å². The number of amides is 1. The number of hydrogen-bond donors (Lipinski definition) is 1. The van der Waals surface area contributed by atoms with Crippen LogP contribution in [-0.4, -0.2) is 51.9 Å². The first-order valence-corrected chi connectivity index (χ1v) is 7.78. The summed E-state index contributed by atoms with van der Waals surface area (Å²) >= 11 is 0. The Bertz CT molecular complexity index is 748. The molecule has 2 atom stereocenters. The molecule has 2 aromatic rings. The zero-order valence-electron chi connectivity index (χ0n) is 13.4. The molecule has 1 saturated heterocycles. The Morgan fingerprint density at radius 1 is 1.61 bits per heavy atom. The molecule has 0 bridgehead atoms. The van der Waals surface area contributed by atoms with Crippen molar-refractivity contribution in [1.82, 2.24) is 19.9 Å². The minimum atomic E-state index is -0.0986. The molecule has 0 radical (unpaired) electrons. The monoisotopic (exact) mass is 312 g/mol. The Balaban J connectivity index is 1.80. The molecule has 0 aliphatic carbocycles. The second kappa shape index (κ2) is 6.24. The van der Waals surface area contributed by atoms with Crippen LogP contribution in [0.15, 0.2) is 18.5 Å². The van der Waals surface area contributed by atoms with E-state index < -0.39 is 0 Å². The van der Waals surface area contributed by atoms with Crippen molar-refractivity contribution in [2.45, 2.75) is 25.8 Å². The minimum absolute atomic E-state index is 0.0598. The number of nitrogens with zero attached hydrogens (tertiary/aromatic N) is 5. The Morgan fingerprint density at radius 3 is 3.22 bits per heavy atom. The zero-order valence-corrected chi connectivity index (χ0v) is 13.4. The van der Waals surface area contributed by atoms with Gasteiger partial charge in [0.15, 0.2) is 0 Å². The summed E-state index contributed by atoms with van der Waals surface area (Å²) < 4.78 is 0. The number of piperidine rings is 1. The molecular weight excluding hydrogens is 292 g/mol. The second-order valence-corrected chi connectivity index (χ2v) is 6.07. The van der Waals surface area contributed by atoms with Crippen molar-refractivity contribution in [2.24, 2.45) is 5.92 Å². The molecule has 0 spiro atoms. The summed E-state index contributed by atoms with van der Waals surface area (Å²) in [6.07, 6.45) is 4.50. The molecule has 120 valence electrons. The van der Waals surface area contributed by atoms with E-state index in [2.05, 4.69) is 21.9 Å². The lowest BCUT2D eigenvalue weighted by Gasteiger charge is -2.41. The normalized spacial score (nSPS) is 21.2. The summed E-state index contributed by atoms with van der Waals surface area (Å²) in [6.45, 7) is 3.49. The smallest absolute Gasteiger partial charge is 0.236 e. The molecule has 1 amide bonds. The number of H-pyrrole nitrogens is 1. The maximum Gasteiger partial charge on any atom is 0.236 e. The molecule has 0 aromatic carbocycles. The van der Waals surface area contributed by atoms with Gasteiger partial charge in [-0.05, 0) is 18.4 Å². The third-order valence-electron chi connectivity index (χ3n) is 4.60. The second-order valence-electron chi connectivity index (χ2n) is 6.07. The number of anilines is 1. The molecular formula is C16H20N6O. The molecule has 1 fully saturated rings. The van der Waals surface area contributed by atoms with Crippen LogP contribution in [0.2, 0.25) is 0 Å². The Morgan fingerprint density at radius 2 is 2.43 bits per heavy atom. The Kier molecular flexibility index (Phi) is 4.15. The fourth-order valence-corrected chi connectivity index (χ4v) is 3.11. The third kappa shape index (κ3) is 2.97. The number of nitrogens with one attached hydrogen (secondary N) is 1. The fourth-order valence-electron chi connectivity index (χ4n) is 3.11. The molecule has 23 heavy (non-hydrogen) atoms. The lowest BCUT2D eigenvalue weighted by atomic mass is 9.92. The minimum Gasteiger partial charge on any atom is -0.346 e. The van der Waals surface area contributed by atoms with Crippen LogP contribution in [-0.2, 0) is 4.79 Å². The summed E-state index contributed by atoms with van der Waals surface area (Å²) in [6, 6.07) is 4.01. The van der Waals surface area contributed by atoms with Crippen LogP contribution in [0.4, 0.5) is 5.95 Å². The highest BCUT2D eigenvalue weighted by molar-refractivity contribution is 5.78. The average Bonchev–Trinajstić information content (AvgIpc) is 3.02. The maximum atomic E-state index is 12.0. The molecule has 1 N–H and O–H groups in total. The van der Waals surface area contributed by atoms with Crippen molar-refractivity contribution in [2.75, 3.05) is 25.0 Å². The summed E-state index contributed by atoms with van der Waals surface area (Å²) in [4.78, 5) is 27.9. The number of likely N-dealkylation sites (tertiary alicyclic amines) is 1. The molecule has 7 nitrogen and oxygen atoms in total. The highest BCUT2D eigenvalue weighted by Crippen LogP contribution is 2.25. The number of nitriles is 1. The van der Waals surface area contributed by atoms with Gasteiger partial charge in [-0.3, -0.25) is 4.79 Å². The van der Waals surface area contributed by atoms with E-state index in [1.165, 1.54) is 0 Å². The standard InChI is InChI=1S/C16H20N6O/c1-11-5-8-22(14(23)3-6-17)10-13(11)21(2)16-19-9-12-4-7-18-15(12)20-16/h4,7,9,11,13H,3,5,8,10H2,1-2H3,(H,18,19,20)/t11-,13+/m1/s1. The fraction of sp³-hybridized carbons (Fsp3) is 0.500. The van der Waals surface area contributed by atoms with Crippen LogP contribution in [0.25, 0.3) is 11.0 Å². The van der Waals surface area contributed by atoms with Crippen LogP contribution >= 0.6 is 0 Å². The summed E-state index contributed by atoms with van der Waals surface area (Å²) in [7, 11) is 1.96. The lowest BCUT2D eigenvalue weighted by molar-refractivity contribution is -0.131. The highest BCUT2D eigenvalue weighted by atomic mass is 16.2. The quantitative estimate of drug-likeness (QED) is 0.928. The van der Waals surface area contributed by atoms with Crippen LogP contribution in [0.5, 0.6) is 0 Å². The van der Waals surface area contributed by atoms with Crippen molar-refractivity contribution < 1.29 is 4.79 Å². The van der Waals surface area contributed by atoms with Gasteiger partial charge in [-0.25, -0.2) is 4.98 Å². The van der Waals surface area contributed by atoms with E-state index in [0.717, 1.165) is 17.5 Å². The van der Waals surface area contributed by atoms with Gasteiger partial charge >= 0.3 is 0 Å². The zero-order chi connectivity index (χ0) is 16.4. The van der Waals surface area contributed by atoms with Gasteiger partial charge in [0.05, 0.1) is 12.1 Å². The van der Waals surface area contributed by atoms with Crippen LogP contribution < -0.4 is 4.90 Å². The van der Waals surface area contributed by atoms with Gasteiger partial charge in [0.2, 0.25) is 11.9 Å². The molecule has 2 aromatic heterocycles. The molecule has 0 saturated carbocycles. The van der Waals surface area contributed by atoms with E-state index >= 15 is 0 Å². The number of aromatic amines is 1. The van der Waals surface area contributed by atoms with E-state index in [0.29, 0.717) is 25.0 Å². The Hall–Kier alpha value is -2.62. The van der Waals surface area contributed by atoms with Crippen molar-refractivity contribution in [3.8, 4) is 6.07 Å². The van der Waals surface area contributed by atoms with Crippen molar-refractivity contribution in [3.05, 3.63) is 18.5 Å². The lowest BCUT2D eigenvalue weighted by Crippen LogP contribution is -2.53. The molecule has 3 rings (SSSR count). The van der Waals surface area contributed by atoms with Gasteiger partial charge in [0.1, 0.15) is 12.1 Å². The molecule has 1 aliphatic rings. The Labute approximate surface area is 134 Å². The predicted molar refractivity (Wildman–Crippen MR) is 86.7 cm³/mol. The predicted octanol–water partition coefficient (Wildman–Crippen LogP) is 1.54. The van der Waals surface area contributed by atoms with Crippen LogP contribution in [0.3, 0.4) is 0 Å². The van der Waals surface area contributed by atoms with Gasteiger partial charge in [0.25, 0.3) is 0 Å². The third-order valence-corrected chi connectivity index (χ3v) is 4.60. The van der Waals surface area contributed by atoms with Crippen molar-refractivity contribution in [1.29, 1.82) is 5.26 Å². The van der Waals surface area contributed by atoms with E-state index in [-0.39, 0.29) is 18.4 Å². The number of carbonyl (C=O) groups is 1. The molecule has 1 aliphatic heterocycles. The first-order valence-electron chi connectivity index (χ1n) is 7.78. The summed E-state index contributed by atoms with van der Waals surface area (Å²) in [5.74, 6) is 0.971. The van der Waals surface area contributed by atoms with Gasteiger partial charge in [-0.2, -0.15) is 10.2 Å². The molecule has 7 heteroatoms. The maximum absolute atomic E-state index is 12.0. The first-order chi connectivity index (χ1) is 11.1. The number of hydrogen-bond acceptors (Lipinski definition) is 5. The number of likely N-dealkylation sites (N-methyl/N-ethyl adjacent to an activating group) is 1. The van der Waals surface area contributed by atoms with E-state index in [9.17, 15) is 4.79 Å². The number of fused-ring (bicyclic) bond motifs is 1. The van der Waals surface area contributed by atoms with E-state index in [1.807, 2.05) is 30.3 Å². The SMILES string of the molecule is C[C@@H]1CCN(C(=O)CC#N)C[C@@H]1N(C)c1ncc2cc[nH]c2n1. The average molecular weight is 312 g/mol. The number of carbonyl (C=O) groups excluding carboxylic acids is 1. The van der Waals surface area contributed by atoms with Crippen molar-refractivity contribution >= 4 is 22.9 Å². The first kappa shape index (κ1) is 15.3. The number of aromatic nitrogens is 3. The largest absolute Gasteiger partial charge is 0.346 e.